The highest BCUT2D eigenvalue weighted by Gasteiger charge is 2.28. The molecule has 1 aromatic carbocycles. The molecule has 0 aliphatic carbocycles. The lowest BCUT2D eigenvalue weighted by molar-refractivity contribution is -0.133. The Hall–Kier alpha value is -2.77. The molecule has 2 aliphatic heterocycles. The molecule has 1 unspecified atom stereocenters. The van der Waals surface area contributed by atoms with Gasteiger partial charge in [0.15, 0.2) is 5.96 Å². The van der Waals surface area contributed by atoms with Crippen LogP contribution in [-0.4, -0.2) is 66.5 Å². The van der Waals surface area contributed by atoms with Crippen LogP contribution < -0.4 is 16.0 Å². The van der Waals surface area contributed by atoms with Crippen molar-refractivity contribution in [3.05, 3.63) is 29.8 Å². The summed E-state index contributed by atoms with van der Waals surface area (Å²) in [6, 6.07) is 8.00. The van der Waals surface area contributed by atoms with Gasteiger partial charge in [0.1, 0.15) is 0 Å². The fourth-order valence-corrected chi connectivity index (χ4v) is 4.00. The van der Waals surface area contributed by atoms with Gasteiger partial charge in [-0.2, -0.15) is 0 Å². The summed E-state index contributed by atoms with van der Waals surface area (Å²) in [4.78, 5) is 33.1. The van der Waals surface area contributed by atoms with E-state index in [1.54, 1.807) is 0 Å². The minimum Gasteiger partial charge on any atom is -0.357 e. The van der Waals surface area contributed by atoms with E-state index in [2.05, 4.69) is 16.0 Å². The Morgan fingerprint density at radius 3 is 2.65 bits per heavy atom. The van der Waals surface area contributed by atoms with Crippen LogP contribution in [0.2, 0.25) is 0 Å². The molecule has 0 radical (unpaired) electrons. The zero-order valence-electron chi connectivity index (χ0n) is 19.0. The SMILES string of the molecule is CCNC(=NCc1cccc(NC(=O)N2CCCC2)c1)NC1CCN(C(=O)C(C)C)C1. The molecule has 8 nitrogen and oxygen atoms in total. The summed E-state index contributed by atoms with van der Waals surface area (Å²) in [7, 11) is 0. The third-order valence-electron chi connectivity index (χ3n) is 5.67. The number of rotatable bonds is 6. The van der Waals surface area contributed by atoms with Crippen molar-refractivity contribution in [3.63, 3.8) is 0 Å². The molecule has 2 heterocycles. The molecule has 1 atom stereocenters. The third-order valence-corrected chi connectivity index (χ3v) is 5.67. The lowest BCUT2D eigenvalue weighted by atomic mass is 10.2. The van der Waals surface area contributed by atoms with E-state index in [9.17, 15) is 9.59 Å². The summed E-state index contributed by atoms with van der Waals surface area (Å²) in [5, 5.41) is 9.74. The number of carbonyl (C=O) groups excluding carboxylic acids is 2. The van der Waals surface area contributed by atoms with Gasteiger partial charge in [-0.05, 0) is 43.9 Å². The lowest BCUT2D eigenvalue weighted by Gasteiger charge is -2.20. The minimum absolute atomic E-state index is 0.0268. The maximum atomic E-state index is 12.3. The highest BCUT2D eigenvalue weighted by atomic mass is 16.2. The molecule has 2 saturated heterocycles. The zero-order valence-corrected chi connectivity index (χ0v) is 19.0. The van der Waals surface area contributed by atoms with Crippen molar-refractivity contribution < 1.29 is 9.59 Å². The van der Waals surface area contributed by atoms with E-state index in [1.807, 2.05) is 54.8 Å². The van der Waals surface area contributed by atoms with Gasteiger partial charge < -0.3 is 25.8 Å². The van der Waals surface area contributed by atoms with Gasteiger partial charge in [-0.1, -0.05) is 26.0 Å². The number of guanidine groups is 1. The Morgan fingerprint density at radius 1 is 1.16 bits per heavy atom. The number of aliphatic imine (C=N–C) groups is 1. The Kier molecular flexibility index (Phi) is 8.14. The molecule has 2 aliphatic rings. The van der Waals surface area contributed by atoms with E-state index < -0.39 is 0 Å². The Morgan fingerprint density at radius 2 is 1.94 bits per heavy atom. The highest BCUT2D eigenvalue weighted by molar-refractivity contribution is 5.89. The number of likely N-dealkylation sites (tertiary alicyclic amines) is 2. The van der Waals surface area contributed by atoms with E-state index in [-0.39, 0.29) is 23.9 Å². The van der Waals surface area contributed by atoms with Crippen LogP contribution in [0.1, 0.15) is 45.6 Å². The van der Waals surface area contributed by atoms with E-state index in [0.29, 0.717) is 13.1 Å². The Balaban J connectivity index is 1.56. The van der Waals surface area contributed by atoms with Crippen LogP contribution in [-0.2, 0) is 11.3 Å². The molecule has 0 aromatic heterocycles. The molecule has 1 aromatic rings. The second-order valence-electron chi connectivity index (χ2n) is 8.59. The Bertz CT molecular complexity index is 788. The van der Waals surface area contributed by atoms with E-state index in [0.717, 1.165) is 62.7 Å². The third kappa shape index (κ3) is 6.60. The first-order valence-electron chi connectivity index (χ1n) is 11.4. The normalized spacial score (nSPS) is 19.1. The van der Waals surface area contributed by atoms with Crippen molar-refractivity contribution in [1.82, 2.24) is 20.4 Å². The van der Waals surface area contributed by atoms with Gasteiger partial charge in [-0.25, -0.2) is 9.79 Å². The Labute approximate surface area is 185 Å². The highest BCUT2D eigenvalue weighted by Crippen LogP contribution is 2.15. The zero-order chi connectivity index (χ0) is 22.2. The van der Waals surface area contributed by atoms with Gasteiger partial charge in [-0.15, -0.1) is 0 Å². The first kappa shape index (κ1) is 22.9. The average molecular weight is 429 g/mol. The molecule has 0 spiro atoms. The smallest absolute Gasteiger partial charge is 0.321 e. The van der Waals surface area contributed by atoms with Gasteiger partial charge >= 0.3 is 6.03 Å². The molecular weight excluding hydrogens is 392 g/mol. The van der Waals surface area contributed by atoms with Crippen LogP contribution in [0, 0.1) is 5.92 Å². The van der Waals surface area contributed by atoms with Crippen LogP contribution >= 0.6 is 0 Å². The lowest BCUT2D eigenvalue weighted by Crippen LogP contribution is -2.45. The number of anilines is 1. The molecule has 31 heavy (non-hydrogen) atoms. The number of carbonyl (C=O) groups is 2. The fraction of sp³-hybridized carbons (Fsp3) is 0.609. The maximum Gasteiger partial charge on any atom is 0.321 e. The minimum atomic E-state index is -0.0325. The van der Waals surface area contributed by atoms with Gasteiger partial charge in [0.05, 0.1) is 6.54 Å². The number of hydrogen-bond donors (Lipinski definition) is 3. The summed E-state index contributed by atoms with van der Waals surface area (Å²) in [5.74, 6) is 0.982. The topological polar surface area (TPSA) is 89.1 Å². The second kappa shape index (κ2) is 11.0. The van der Waals surface area contributed by atoms with E-state index >= 15 is 0 Å². The molecule has 170 valence electrons. The standard InChI is InChI=1S/C23H36N6O2/c1-4-24-22(26-20-10-13-29(16-20)21(30)17(2)3)25-15-18-8-7-9-19(14-18)27-23(31)28-11-5-6-12-28/h7-9,14,17,20H,4-6,10-13,15-16H2,1-3H3,(H,27,31)(H2,24,25,26). The number of amides is 3. The number of nitrogens with one attached hydrogen (secondary N) is 3. The van der Waals surface area contributed by atoms with E-state index in [1.165, 1.54) is 0 Å². The van der Waals surface area contributed by atoms with Crippen molar-refractivity contribution in [2.75, 3.05) is 38.0 Å². The first-order chi connectivity index (χ1) is 15.0. The predicted molar refractivity (Wildman–Crippen MR) is 124 cm³/mol. The summed E-state index contributed by atoms with van der Waals surface area (Å²) in [5.41, 5.74) is 1.82. The molecule has 3 rings (SSSR count). The quantitative estimate of drug-likeness (QED) is 0.480. The number of benzene rings is 1. The van der Waals surface area contributed by atoms with Gasteiger partial charge in [0.25, 0.3) is 0 Å². The van der Waals surface area contributed by atoms with Crippen LogP contribution in [0.5, 0.6) is 0 Å². The van der Waals surface area contributed by atoms with Crippen molar-refractivity contribution in [1.29, 1.82) is 0 Å². The fourth-order valence-electron chi connectivity index (χ4n) is 4.00. The molecule has 3 amide bonds. The number of urea groups is 1. The molecule has 0 bridgehead atoms. The summed E-state index contributed by atoms with van der Waals surface area (Å²) < 4.78 is 0. The van der Waals surface area contributed by atoms with Crippen LogP contribution in [0.4, 0.5) is 10.5 Å². The van der Waals surface area contributed by atoms with Gasteiger partial charge in [-0.3, -0.25) is 4.79 Å². The molecule has 0 saturated carbocycles. The van der Waals surface area contributed by atoms with Crippen molar-refractivity contribution in [2.24, 2.45) is 10.9 Å². The monoisotopic (exact) mass is 428 g/mol. The van der Waals surface area contributed by atoms with Crippen LogP contribution in [0.3, 0.4) is 0 Å². The van der Waals surface area contributed by atoms with E-state index in [4.69, 9.17) is 4.99 Å². The average Bonchev–Trinajstić information content (AvgIpc) is 3.44. The van der Waals surface area contributed by atoms with Crippen molar-refractivity contribution in [3.8, 4) is 0 Å². The largest absolute Gasteiger partial charge is 0.357 e. The van der Waals surface area contributed by atoms with Crippen LogP contribution in [0.25, 0.3) is 0 Å². The maximum absolute atomic E-state index is 12.3. The summed E-state index contributed by atoms with van der Waals surface area (Å²) in [6.07, 6.45) is 3.07. The first-order valence-corrected chi connectivity index (χ1v) is 11.4. The molecule has 3 N–H and O–H groups in total. The number of nitrogens with zero attached hydrogens (tertiary/aromatic N) is 3. The summed E-state index contributed by atoms with van der Waals surface area (Å²) >= 11 is 0. The molecule has 8 heteroatoms. The predicted octanol–water partition coefficient (Wildman–Crippen LogP) is 2.63. The van der Waals surface area contributed by atoms with Gasteiger partial charge in [0.2, 0.25) is 5.91 Å². The second-order valence-corrected chi connectivity index (χ2v) is 8.59. The van der Waals surface area contributed by atoms with Crippen molar-refractivity contribution in [2.45, 2.75) is 52.6 Å². The summed E-state index contributed by atoms with van der Waals surface area (Å²) in [6.45, 7) is 10.3. The molecular formula is C23H36N6O2. The molecule has 2 fully saturated rings. The van der Waals surface area contributed by atoms with Crippen molar-refractivity contribution >= 4 is 23.6 Å². The number of hydrogen-bond acceptors (Lipinski definition) is 3. The van der Waals surface area contributed by atoms with Crippen LogP contribution in [0.15, 0.2) is 29.3 Å². The van der Waals surface area contributed by atoms with Gasteiger partial charge in [0, 0.05) is 50.4 Å².